The topological polar surface area (TPSA) is 74.8 Å². The van der Waals surface area contributed by atoms with E-state index in [4.69, 9.17) is 11.6 Å². The number of para-hydroxylation sites is 1. The van der Waals surface area contributed by atoms with Gasteiger partial charge in [0.1, 0.15) is 5.75 Å². The Morgan fingerprint density at radius 2 is 1.80 bits per heavy atom. The van der Waals surface area contributed by atoms with Crippen LogP contribution in [0.15, 0.2) is 48.5 Å². The molecule has 6 nitrogen and oxygen atoms in total. The van der Waals surface area contributed by atoms with Gasteiger partial charge < -0.3 is 4.90 Å². The number of fused-ring (bicyclic) bond motifs is 2. The molecule has 1 fully saturated rings. The lowest BCUT2D eigenvalue weighted by Gasteiger charge is -2.32. The van der Waals surface area contributed by atoms with Gasteiger partial charge in [0.05, 0.1) is 5.69 Å². The first-order valence-electron chi connectivity index (χ1n) is 7.49. The van der Waals surface area contributed by atoms with E-state index in [9.17, 15) is 18.0 Å². The zero-order valence-electron chi connectivity index (χ0n) is 13.1. The van der Waals surface area contributed by atoms with Crippen LogP contribution in [-0.4, -0.2) is 33.0 Å². The largest absolute Gasteiger partial charge is 0.312 e. The molecule has 0 bridgehead atoms. The van der Waals surface area contributed by atoms with Gasteiger partial charge in [-0.1, -0.05) is 35.9 Å². The minimum Gasteiger partial charge on any atom is -0.312 e. The second kappa shape index (κ2) is 5.06. The third-order valence-electron chi connectivity index (χ3n) is 4.62. The zero-order valence-corrected chi connectivity index (χ0v) is 14.7. The Balaban J connectivity index is 2.09. The number of halogens is 1. The highest BCUT2D eigenvalue weighted by Gasteiger charge is 2.69. The van der Waals surface area contributed by atoms with E-state index in [2.05, 4.69) is 0 Å². The van der Waals surface area contributed by atoms with Crippen molar-refractivity contribution in [1.82, 2.24) is 0 Å². The summed E-state index contributed by atoms with van der Waals surface area (Å²) in [6.07, 6.45) is 0. The molecule has 128 valence electrons. The van der Waals surface area contributed by atoms with Crippen molar-refractivity contribution >= 4 is 44.6 Å². The monoisotopic (exact) mass is 376 g/mol. The van der Waals surface area contributed by atoms with Crippen LogP contribution in [-0.2, 0) is 24.3 Å². The normalized spacial score (nSPS) is 24.2. The van der Waals surface area contributed by atoms with E-state index >= 15 is 0 Å². The lowest BCUT2D eigenvalue weighted by atomic mass is 10.0. The average molecular weight is 377 g/mol. The van der Waals surface area contributed by atoms with Crippen molar-refractivity contribution in [2.24, 2.45) is 0 Å². The Kier molecular flexibility index (Phi) is 3.26. The molecule has 0 aromatic heterocycles. The number of carbonyl (C=O) groups excluding carboxylic acids is 2. The summed E-state index contributed by atoms with van der Waals surface area (Å²) in [5, 5.41) is 0.344. The van der Waals surface area contributed by atoms with Gasteiger partial charge in [-0.3, -0.25) is 14.5 Å². The van der Waals surface area contributed by atoms with Gasteiger partial charge in [0, 0.05) is 23.3 Å². The van der Waals surface area contributed by atoms with E-state index in [0.29, 0.717) is 10.7 Å². The number of nitrogens with zero attached hydrogens (tertiary/aromatic N) is 2. The SMILES string of the molecule is CN1C(=O)[C@@]2(c3ccccc31)N(c1cccc(Cl)c1)C(=O)CS2(=O)=O. The highest BCUT2D eigenvalue weighted by Crippen LogP contribution is 2.52. The predicted molar refractivity (Wildman–Crippen MR) is 94.3 cm³/mol. The number of amides is 2. The first-order valence-corrected chi connectivity index (χ1v) is 9.52. The molecule has 1 atom stereocenters. The van der Waals surface area contributed by atoms with Gasteiger partial charge >= 0.3 is 0 Å². The number of rotatable bonds is 1. The minimum absolute atomic E-state index is 0.275. The highest BCUT2D eigenvalue weighted by molar-refractivity contribution is 7.94. The van der Waals surface area contributed by atoms with Crippen LogP contribution in [0, 0.1) is 0 Å². The second-order valence-corrected chi connectivity index (χ2v) is 8.54. The summed E-state index contributed by atoms with van der Waals surface area (Å²) in [5.74, 6) is -2.05. The Morgan fingerprint density at radius 3 is 2.52 bits per heavy atom. The van der Waals surface area contributed by atoms with Crippen molar-refractivity contribution in [3.8, 4) is 0 Å². The second-order valence-electron chi connectivity index (χ2n) is 5.99. The number of benzene rings is 2. The maximum atomic E-state index is 13.1. The number of hydrogen-bond donors (Lipinski definition) is 0. The molecule has 2 aromatic rings. The van der Waals surface area contributed by atoms with Gasteiger partial charge in [-0.25, -0.2) is 8.42 Å². The van der Waals surface area contributed by atoms with Gasteiger partial charge in [0.25, 0.3) is 10.8 Å². The van der Waals surface area contributed by atoms with Crippen LogP contribution in [0.25, 0.3) is 0 Å². The van der Waals surface area contributed by atoms with Crippen molar-refractivity contribution in [3.05, 3.63) is 59.1 Å². The number of carbonyl (C=O) groups is 2. The standard InChI is InChI=1S/C17H13ClN2O4S/c1-19-14-8-3-2-7-13(14)17(16(19)22)20(15(21)10-25(17,23)24)12-6-4-5-11(18)9-12/h2-9H,10H2,1H3/t17-/m0/s1. The van der Waals surface area contributed by atoms with Crippen LogP contribution in [0.5, 0.6) is 0 Å². The molecule has 4 rings (SSSR count). The Morgan fingerprint density at radius 1 is 1.08 bits per heavy atom. The quantitative estimate of drug-likeness (QED) is 0.762. The molecular weight excluding hydrogens is 364 g/mol. The van der Waals surface area contributed by atoms with Crippen LogP contribution in [0.1, 0.15) is 5.56 Å². The van der Waals surface area contributed by atoms with Crippen LogP contribution >= 0.6 is 11.6 Å². The van der Waals surface area contributed by atoms with E-state index < -0.39 is 32.3 Å². The molecule has 0 saturated carbocycles. The third kappa shape index (κ3) is 1.88. The van der Waals surface area contributed by atoms with Gasteiger partial charge in [-0.15, -0.1) is 0 Å². The first kappa shape index (κ1) is 16.1. The summed E-state index contributed by atoms with van der Waals surface area (Å²) in [7, 11) is -2.59. The zero-order chi connectivity index (χ0) is 18.0. The van der Waals surface area contributed by atoms with Crippen molar-refractivity contribution in [2.45, 2.75) is 4.87 Å². The van der Waals surface area contributed by atoms with E-state index in [1.807, 2.05) is 0 Å². The molecule has 0 aliphatic carbocycles. The molecule has 0 N–H and O–H groups in total. The molecule has 2 amide bonds. The van der Waals surface area contributed by atoms with E-state index in [1.165, 1.54) is 18.0 Å². The fraction of sp³-hybridized carbons (Fsp3) is 0.176. The van der Waals surface area contributed by atoms with Crippen LogP contribution in [0.3, 0.4) is 0 Å². The van der Waals surface area contributed by atoms with Gasteiger partial charge in [0.2, 0.25) is 5.91 Å². The number of likely N-dealkylation sites (N-methyl/N-ethyl adjacent to an activating group) is 1. The number of hydrogen-bond acceptors (Lipinski definition) is 4. The average Bonchev–Trinajstić information content (AvgIpc) is 2.92. The maximum Gasteiger partial charge on any atom is 0.273 e. The molecule has 2 heterocycles. The molecule has 2 aliphatic heterocycles. The smallest absolute Gasteiger partial charge is 0.273 e. The number of sulfone groups is 1. The maximum absolute atomic E-state index is 13.1. The molecule has 1 saturated heterocycles. The van der Waals surface area contributed by atoms with Crippen molar-refractivity contribution in [2.75, 3.05) is 22.6 Å². The summed E-state index contributed by atoms with van der Waals surface area (Å²) in [5.41, 5.74) is 1.03. The Bertz CT molecular complexity index is 1040. The van der Waals surface area contributed by atoms with Gasteiger partial charge in [0.15, 0.2) is 9.84 Å². The lowest BCUT2D eigenvalue weighted by Crippen LogP contribution is -2.53. The summed E-state index contributed by atoms with van der Waals surface area (Å²) < 4.78 is 26.1. The number of anilines is 2. The molecule has 1 spiro atoms. The Hall–Kier alpha value is -2.38. The molecular formula is C17H13ClN2O4S. The summed E-state index contributed by atoms with van der Waals surface area (Å²) in [4.78, 5) is 26.1. The summed E-state index contributed by atoms with van der Waals surface area (Å²) in [6, 6.07) is 12.9. The highest BCUT2D eigenvalue weighted by atomic mass is 35.5. The summed E-state index contributed by atoms with van der Waals surface area (Å²) >= 11 is 6.02. The lowest BCUT2D eigenvalue weighted by molar-refractivity contribution is -0.123. The van der Waals surface area contributed by atoms with Crippen molar-refractivity contribution in [1.29, 1.82) is 0 Å². The Labute approximate surface area is 149 Å². The molecule has 0 unspecified atom stereocenters. The predicted octanol–water partition coefficient (Wildman–Crippen LogP) is 1.93. The molecule has 25 heavy (non-hydrogen) atoms. The van der Waals surface area contributed by atoms with Gasteiger partial charge in [-0.05, 0) is 24.3 Å². The molecule has 2 aromatic carbocycles. The van der Waals surface area contributed by atoms with Crippen LogP contribution in [0.4, 0.5) is 11.4 Å². The summed E-state index contributed by atoms with van der Waals surface area (Å²) in [6.45, 7) is 0. The molecule has 8 heteroatoms. The fourth-order valence-electron chi connectivity index (χ4n) is 3.61. The van der Waals surface area contributed by atoms with Crippen LogP contribution < -0.4 is 9.80 Å². The fourth-order valence-corrected chi connectivity index (χ4v) is 5.85. The van der Waals surface area contributed by atoms with E-state index in [-0.39, 0.29) is 11.3 Å². The molecule has 2 aliphatic rings. The third-order valence-corrected chi connectivity index (χ3v) is 6.96. The first-order chi connectivity index (χ1) is 11.8. The van der Waals surface area contributed by atoms with Crippen molar-refractivity contribution in [3.63, 3.8) is 0 Å². The minimum atomic E-state index is -4.10. The molecule has 0 radical (unpaired) electrons. The van der Waals surface area contributed by atoms with E-state index in [0.717, 1.165) is 4.90 Å². The van der Waals surface area contributed by atoms with Gasteiger partial charge in [-0.2, -0.15) is 0 Å². The van der Waals surface area contributed by atoms with Crippen molar-refractivity contribution < 1.29 is 18.0 Å². The van der Waals surface area contributed by atoms with E-state index in [1.54, 1.807) is 42.5 Å². The van der Waals surface area contributed by atoms with Crippen LogP contribution in [0.2, 0.25) is 5.02 Å².